The van der Waals surface area contributed by atoms with Crippen molar-refractivity contribution < 1.29 is 14.6 Å². The fraction of sp³-hybridized carbons (Fsp3) is 0.370. The highest BCUT2D eigenvalue weighted by atomic mass is 16.5. The second-order valence-corrected chi connectivity index (χ2v) is 9.45. The summed E-state index contributed by atoms with van der Waals surface area (Å²) in [7, 11) is 1.99. The SMILES string of the molecule is CCC(Nc1c(Nc2cccc(C(=O)N3CCOC4CN(C)CC43)c2O)c(=O)c1=O)c1ccccc1. The molecular formula is C27H30N4O5. The number of morpholine rings is 1. The molecule has 188 valence electrons. The molecule has 3 N–H and O–H groups in total. The van der Waals surface area contributed by atoms with Crippen molar-refractivity contribution >= 4 is 23.0 Å². The zero-order valence-corrected chi connectivity index (χ0v) is 20.4. The monoisotopic (exact) mass is 490 g/mol. The molecule has 1 amide bonds. The summed E-state index contributed by atoms with van der Waals surface area (Å²) in [6.07, 6.45) is 0.652. The van der Waals surface area contributed by atoms with Crippen molar-refractivity contribution in [2.45, 2.75) is 31.5 Å². The Morgan fingerprint density at radius 3 is 2.58 bits per heavy atom. The zero-order valence-electron chi connectivity index (χ0n) is 20.4. The molecule has 3 unspecified atom stereocenters. The van der Waals surface area contributed by atoms with Gasteiger partial charge in [0.2, 0.25) is 0 Å². The minimum atomic E-state index is -0.665. The fourth-order valence-electron chi connectivity index (χ4n) is 5.16. The van der Waals surface area contributed by atoms with E-state index in [0.717, 1.165) is 12.1 Å². The van der Waals surface area contributed by atoms with Gasteiger partial charge in [0.25, 0.3) is 16.8 Å². The number of nitrogens with one attached hydrogen (secondary N) is 2. The molecule has 0 saturated carbocycles. The number of anilines is 3. The van der Waals surface area contributed by atoms with Crippen LogP contribution in [0.15, 0.2) is 58.1 Å². The number of carbonyl (C=O) groups is 1. The summed E-state index contributed by atoms with van der Waals surface area (Å²) < 4.78 is 5.83. The third kappa shape index (κ3) is 4.25. The Balaban J connectivity index is 1.38. The van der Waals surface area contributed by atoms with E-state index < -0.39 is 10.9 Å². The first-order valence-corrected chi connectivity index (χ1v) is 12.2. The van der Waals surface area contributed by atoms with Crippen molar-refractivity contribution in [3.8, 4) is 5.75 Å². The van der Waals surface area contributed by atoms with E-state index in [-0.39, 0.29) is 52.5 Å². The highest BCUT2D eigenvalue weighted by Gasteiger charge is 2.41. The summed E-state index contributed by atoms with van der Waals surface area (Å²) in [6.45, 7) is 4.33. The van der Waals surface area contributed by atoms with Gasteiger partial charge in [0.05, 0.1) is 36.0 Å². The van der Waals surface area contributed by atoms with Gasteiger partial charge in [-0.25, -0.2) is 0 Å². The molecular weight excluding hydrogens is 460 g/mol. The minimum Gasteiger partial charge on any atom is -0.505 e. The van der Waals surface area contributed by atoms with E-state index in [0.29, 0.717) is 26.1 Å². The number of aromatic hydroxyl groups is 1. The van der Waals surface area contributed by atoms with E-state index in [1.807, 2.05) is 44.3 Å². The number of hydrogen-bond donors (Lipinski definition) is 3. The van der Waals surface area contributed by atoms with E-state index in [2.05, 4.69) is 15.5 Å². The quantitative estimate of drug-likeness (QED) is 0.342. The van der Waals surface area contributed by atoms with Gasteiger partial charge in [-0.3, -0.25) is 14.4 Å². The van der Waals surface area contributed by atoms with E-state index in [4.69, 9.17) is 4.74 Å². The van der Waals surface area contributed by atoms with Crippen LogP contribution in [-0.2, 0) is 4.74 Å². The van der Waals surface area contributed by atoms with Gasteiger partial charge in [-0.05, 0) is 31.2 Å². The Labute approximate surface area is 209 Å². The van der Waals surface area contributed by atoms with Gasteiger partial charge in [0.1, 0.15) is 11.4 Å². The Bertz CT molecular complexity index is 1330. The number of carbonyl (C=O) groups excluding carboxylic acids is 1. The van der Waals surface area contributed by atoms with Crippen LogP contribution in [0.1, 0.15) is 35.3 Å². The number of likely N-dealkylation sites (tertiary alicyclic amines) is 1. The molecule has 0 bridgehead atoms. The molecule has 5 rings (SSSR count). The predicted molar refractivity (Wildman–Crippen MR) is 138 cm³/mol. The van der Waals surface area contributed by atoms with Gasteiger partial charge in [-0.2, -0.15) is 0 Å². The lowest BCUT2D eigenvalue weighted by molar-refractivity contribution is -0.0370. The third-order valence-electron chi connectivity index (χ3n) is 7.11. The van der Waals surface area contributed by atoms with Crippen LogP contribution >= 0.6 is 0 Å². The largest absolute Gasteiger partial charge is 0.505 e. The van der Waals surface area contributed by atoms with Crippen molar-refractivity contribution in [2.24, 2.45) is 0 Å². The van der Waals surface area contributed by atoms with Crippen LogP contribution in [0.5, 0.6) is 5.75 Å². The summed E-state index contributed by atoms with van der Waals surface area (Å²) in [5.74, 6) is -0.547. The standard InChI is InChI=1S/C27H30N4O5/c1-3-18(16-8-5-4-6-9-16)28-22-23(26(34)25(22)33)29-19-11-7-10-17(24(19)32)27(35)31-12-13-36-21-15-30(2)14-20(21)31/h4-11,18,20-21,28-29,32H,3,12-15H2,1-2H3. The lowest BCUT2D eigenvalue weighted by atomic mass is 10.0. The third-order valence-corrected chi connectivity index (χ3v) is 7.11. The fourth-order valence-corrected chi connectivity index (χ4v) is 5.16. The Hall–Kier alpha value is -3.69. The molecule has 36 heavy (non-hydrogen) atoms. The van der Waals surface area contributed by atoms with Crippen molar-refractivity contribution in [2.75, 3.05) is 43.9 Å². The first-order valence-electron chi connectivity index (χ1n) is 12.2. The maximum atomic E-state index is 13.4. The summed E-state index contributed by atoms with van der Waals surface area (Å²) in [6, 6.07) is 14.2. The van der Waals surface area contributed by atoms with Crippen molar-refractivity contribution in [1.82, 2.24) is 9.80 Å². The van der Waals surface area contributed by atoms with Crippen LogP contribution in [0.4, 0.5) is 17.1 Å². The van der Waals surface area contributed by atoms with Gasteiger partial charge in [-0.15, -0.1) is 0 Å². The second-order valence-electron chi connectivity index (χ2n) is 9.45. The second kappa shape index (κ2) is 9.75. The number of para-hydroxylation sites is 1. The van der Waals surface area contributed by atoms with Crippen LogP contribution in [-0.4, -0.2) is 66.2 Å². The first kappa shape index (κ1) is 24.0. The molecule has 0 aliphatic carbocycles. The molecule has 2 saturated heterocycles. The normalized spacial score (nSPS) is 20.8. The van der Waals surface area contributed by atoms with Gasteiger partial charge >= 0.3 is 0 Å². The molecule has 3 atom stereocenters. The van der Waals surface area contributed by atoms with E-state index in [1.54, 1.807) is 23.1 Å². The van der Waals surface area contributed by atoms with Crippen LogP contribution in [0, 0.1) is 0 Å². The van der Waals surface area contributed by atoms with Crippen LogP contribution in [0.3, 0.4) is 0 Å². The number of rotatable bonds is 7. The number of phenols is 1. The number of benzene rings is 2. The molecule has 2 aliphatic rings. The molecule has 0 aromatic heterocycles. The maximum absolute atomic E-state index is 13.4. The van der Waals surface area contributed by atoms with Gasteiger partial charge in [-0.1, -0.05) is 43.3 Å². The molecule has 2 heterocycles. The van der Waals surface area contributed by atoms with E-state index in [9.17, 15) is 19.5 Å². The molecule has 3 aromatic carbocycles. The summed E-state index contributed by atoms with van der Waals surface area (Å²) >= 11 is 0. The van der Waals surface area contributed by atoms with Crippen LogP contribution in [0.25, 0.3) is 0 Å². The number of nitrogens with zero attached hydrogens (tertiary/aromatic N) is 2. The molecule has 2 aliphatic heterocycles. The Kier molecular flexibility index (Phi) is 6.51. The molecule has 0 spiro atoms. The highest BCUT2D eigenvalue weighted by molar-refractivity contribution is 5.99. The molecule has 2 fully saturated rings. The number of hydrogen-bond acceptors (Lipinski definition) is 8. The summed E-state index contributed by atoms with van der Waals surface area (Å²) in [4.78, 5) is 42.1. The predicted octanol–water partition coefficient (Wildman–Crippen LogP) is 2.45. The average Bonchev–Trinajstić information content (AvgIpc) is 3.29. The Morgan fingerprint density at radius 2 is 1.83 bits per heavy atom. The average molecular weight is 491 g/mol. The lowest BCUT2D eigenvalue weighted by Gasteiger charge is -2.37. The van der Waals surface area contributed by atoms with Gasteiger partial charge in [0, 0.05) is 19.6 Å². The van der Waals surface area contributed by atoms with Crippen molar-refractivity contribution in [1.29, 1.82) is 0 Å². The van der Waals surface area contributed by atoms with E-state index >= 15 is 0 Å². The molecule has 9 nitrogen and oxygen atoms in total. The van der Waals surface area contributed by atoms with Crippen LogP contribution < -0.4 is 21.5 Å². The topological polar surface area (TPSA) is 111 Å². The smallest absolute Gasteiger partial charge is 0.258 e. The van der Waals surface area contributed by atoms with Crippen LogP contribution in [0.2, 0.25) is 0 Å². The number of likely N-dealkylation sites (N-methyl/N-ethyl adjacent to an activating group) is 1. The zero-order chi connectivity index (χ0) is 25.4. The number of fused-ring (bicyclic) bond motifs is 1. The molecule has 9 heteroatoms. The van der Waals surface area contributed by atoms with Gasteiger partial charge in [0.15, 0.2) is 5.75 Å². The maximum Gasteiger partial charge on any atom is 0.258 e. The minimum absolute atomic E-state index is 0.0512. The summed E-state index contributed by atoms with van der Waals surface area (Å²) in [5, 5.41) is 17.1. The molecule has 0 radical (unpaired) electrons. The number of ether oxygens (including phenoxy) is 1. The van der Waals surface area contributed by atoms with Crippen molar-refractivity contribution in [3.63, 3.8) is 0 Å². The number of amides is 1. The summed E-state index contributed by atoms with van der Waals surface area (Å²) in [5.41, 5.74) is 0.312. The Morgan fingerprint density at radius 1 is 1.08 bits per heavy atom. The van der Waals surface area contributed by atoms with Gasteiger partial charge < -0.3 is 30.3 Å². The first-order chi connectivity index (χ1) is 17.4. The van der Waals surface area contributed by atoms with Crippen molar-refractivity contribution in [3.05, 3.63) is 80.1 Å². The number of phenolic OH excluding ortho intramolecular Hbond substituents is 1. The molecule has 3 aromatic rings. The highest BCUT2D eigenvalue weighted by Crippen LogP contribution is 2.34. The van der Waals surface area contributed by atoms with E-state index in [1.165, 1.54) is 0 Å². The lowest BCUT2D eigenvalue weighted by Crippen LogP contribution is -2.53.